The number of carboxylic acid groups (broad SMARTS) is 1. The first-order valence-corrected chi connectivity index (χ1v) is 6.03. The van der Waals surface area contributed by atoms with E-state index in [0.717, 1.165) is 11.0 Å². The second-order valence-electron chi connectivity index (χ2n) is 4.42. The molecule has 2 rings (SSSR count). The average molecular weight is 287 g/mol. The van der Waals surface area contributed by atoms with Gasteiger partial charge in [0.05, 0.1) is 11.3 Å². The smallest absolute Gasteiger partial charge is 0.337 e. The lowest BCUT2D eigenvalue weighted by Crippen LogP contribution is -2.27. The van der Waals surface area contributed by atoms with E-state index in [1.54, 1.807) is 12.1 Å². The molecule has 6 nitrogen and oxygen atoms in total. The summed E-state index contributed by atoms with van der Waals surface area (Å²) in [5.41, 5.74) is 0.255. The molecule has 108 valence electrons. The average Bonchev–Trinajstić information content (AvgIpc) is 2.44. The molecule has 2 aromatic carbocycles. The van der Waals surface area contributed by atoms with Gasteiger partial charge >= 0.3 is 5.97 Å². The topological polar surface area (TPSA) is 98.1 Å². The van der Waals surface area contributed by atoms with Crippen LogP contribution in [0.15, 0.2) is 42.5 Å². The molecule has 0 saturated carbocycles. The Kier molecular flexibility index (Phi) is 3.80. The molecule has 21 heavy (non-hydrogen) atoms. The molecule has 0 fully saturated rings. The van der Waals surface area contributed by atoms with Gasteiger partial charge in [-0.3, -0.25) is 4.79 Å². The molecule has 0 spiro atoms. The van der Waals surface area contributed by atoms with Crippen LogP contribution in [0.4, 0.5) is 5.69 Å². The highest BCUT2D eigenvalue weighted by Gasteiger charge is 2.19. The number of carboxylic acids is 1. The number of hydrogen-bond donors (Lipinski definition) is 3. The monoisotopic (exact) mass is 287 g/mol. The van der Waals surface area contributed by atoms with Gasteiger partial charge in [0.25, 0.3) is 5.91 Å². The molecule has 0 radical (unpaired) electrons. The summed E-state index contributed by atoms with van der Waals surface area (Å²) in [4.78, 5) is 24.7. The van der Waals surface area contributed by atoms with Crippen LogP contribution in [-0.4, -0.2) is 34.2 Å². The van der Waals surface area contributed by atoms with Crippen molar-refractivity contribution >= 4 is 17.6 Å². The third kappa shape index (κ3) is 2.94. The lowest BCUT2D eigenvalue weighted by Gasteiger charge is -2.19. The minimum atomic E-state index is -1.15. The van der Waals surface area contributed by atoms with Crippen LogP contribution in [0.1, 0.15) is 20.7 Å². The number of phenolic OH excluding ortho intramolecular Hbond substituents is 2. The standard InChI is InChI=1S/C15H13NO5/c1-16(13-5-3-2-4-12(13)15(20)21)14(19)9-6-10(17)8-11(18)7-9/h2-8,17-18H,1H3,(H,20,21). The highest BCUT2D eigenvalue weighted by atomic mass is 16.4. The van der Waals surface area contributed by atoms with Crippen molar-refractivity contribution < 1.29 is 24.9 Å². The minimum absolute atomic E-state index is 0.0160. The van der Waals surface area contributed by atoms with Crippen molar-refractivity contribution in [3.63, 3.8) is 0 Å². The van der Waals surface area contributed by atoms with E-state index in [2.05, 4.69) is 0 Å². The number of benzene rings is 2. The zero-order valence-electron chi connectivity index (χ0n) is 11.1. The van der Waals surface area contributed by atoms with Crippen LogP contribution in [0.2, 0.25) is 0 Å². The lowest BCUT2D eigenvalue weighted by atomic mass is 10.1. The number of carbonyl (C=O) groups is 2. The number of nitrogens with zero attached hydrogens (tertiary/aromatic N) is 1. The van der Waals surface area contributed by atoms with Crippen molar-refractivity contribution in [2.24, 2.45) is 0 Å². The first kappa shape index (κ1) is 14.4. The number of amides is 1. The molecule has 6 heteroatoms. The summed E-state index contributed by atoms with van der Waals surface area (Å²) in [5.74, 6) is -2.20. The number of hydrogen-bond acceptors (Lipinski definition) is 4. The molecule has 1 amide bonds. The molecule has 2 aromatic rings. The van der Waals surface area contributed by atoms with E-state index < -0.39 is 11.9 Å². The largest absolute Gasteiger partial charge is 0.508 e. The fourth-order valence-electron chi connectivity index (χ4n) is 1.97. The Morgan fingerprint density at radius 1 is 1.00 bits per heavy atom. The SMILES string of the molecule is CN(C(=O)c1cc(O)cc(O)c1)c1ccccc1C(=O)O. The summed E-state index contributed by atoms with van der Waals surface area (Å²) in [6.07, 6.45) is 0. The molecular weight excluding hydrogens is 274 g/mol. The lowest BCUT2D eigenvalue weighted by molar-refractivity contribution is 0.0697. The molecule has 0 unspecified atom stereocenters. The van der Waals surface area contributed by atoms with Gasteiger partial charge in [0.2, 0.25) is 0 Å². The van der Waals surface area contributed by atoms with Crippen molar-refractivity contribution in [3.05, 3.63) is 53.6 Å². The van der Waals surface area contributed by atoms with Crippen LogP contribution in [-0.2, 0) is 0 Å². The fraction of sp³-hybridized carbons (Fsp3) is 0.0667. The van der Waals surface area contributed by atoms with Crippen molar-refractivity contribution in [1.29, 1.82) is 0 Å². The van der Waals surface area contributed by atoms with Gasteiger partial charge in [-0.25, -0.2) is 4.79 Å². The van der Waals surface area contributed by atoms with E-state index in [0.29, 0.717) is 0 Å². The van der Waals surface area contributed by atoms with Crippen LogP contribution in [0.25, 0.3) is 0 Å². The number of aromatic hydroxyl groups is 2. The van der Waals surface area contributed by atoms with Gasteiger partial charge in [0.15, 0.2) is 0 Å². The van der Waals surface area contributed by atoms with Crippen molar-refractivity contribution in [3.8, 4) is 11.5 Å². The molecule has 0 aliphatic carbocycles. The van der Waals surface area contributed by atoms with Crippen LogP contribution < -0.4 is 4.90 Å². The number of anilines is 1. The van der Waals surface area contributed by atoms with E-state index in [-0.39, 0.29) is 28.3 Å². The van der Waals surface area contributed by atoms with Gasteiger partial charge in [-0.15, -0.1) is 0 Å². The third-order valence-corrected chi connectivity index (χ3v) is 2.95. The highest BCUT2D eigenvalue weighted by molar-refractivity contribution is 6.09. The highest BCUT2D eigenvalue weighted by Crippen LogP contribution is 2.25. The maximum atomic E-state index is 12.3. The summed E-state index contributed by atoms with van der Waals surface area (Å²) < 4.78 is 0. The van der Waals surface area contributed by atoms with E-state index in [1.807, 2.05) is 0 Å². The molecule has 0 aliphatic rings. The van der Waals surface area contributed by atoms with Crippen molar-refractivity contribution in [1.82, 2.24) is 0 Å². The van der Waals surface area contributed by atoms with Gasteiger partial charge in [-0.1, -0.05) is 12.1 Å². The van der Waals surface area contributed by atoms with Gasteiger partial charge in [-0.2, -0.15) is 0 Å². The number of carbonyl (C=O) groups excluding carboxylic acids is 1. The Hall–Kier alpha value is -3.02. The zero-order chi connectivity index (χ0) is 15.6. The van der Waals surface area contributed by atoms with Gasteiger partial charge in [0.1, 0.15) is 11.5 Å². The van der Waals surface area contributed by atoms with Crippen LogP contribution in [0.3, 0.4) is 0 Å². The summed E-state index contributed by atoms with van der Waals surface area (Å²) >= 11 is 0. The van der Waals surface area contributed by atoms with Gasteiger partial charge in [-0.05, 0) is 24.3 Å². The molecular formula is C15H13NO5. The summed E-state index contributed by atoms with van der Waals surface area (Å²) in [5, 5.41) is 28.0. The predicted octanol–water partition coefficient (Wildman–Crippen LogP) is 2.07. The van der Waals surface area contributed by atoms with Crippen LogP contribution in [0, 0.1) is 0 Å². The Bertz CT molecular complexity index is 691. The minimum Gasteiger partial charge on any atom is -0.508 e. The Balaban J connectivity index is 2.42. The Labute approximate surface area is 120 Å². The zero-order valence-corrected chi connectivity index (χ0v) is 11.1. The summed E-state index contributed by atoms with van der Waals surface area (Å²) in [7, 11) is 1.42. The molecule has 0 saturated heterocycles. The maximum Gasteiger partial charge on any atom is 0.337 e. The molecule has 0 aliphatic heterocycles. The molecule has 0 heterocycles. The second-order valence-corrected chi connectivity index (χ2v) is 4.42. The van der Waals surface area contributed by atoms with E-state index in [9.17, 15) is 19.8 Å². The molecule has 3 N–H and O–H groups in total. The summed E-state index contributed by atoms with van der Waals surface area (Å²) in [6.45, 7) is 0. The Morgan fingerprint density at radius 2 is 1.57 bits per heavy atom. The maximum absolute atomic E-state index is 12.3. The Morgan fingerprint density at radius 3 is 2.14 bits per heavy atom. The van der Waals surface area contributed by atoms with Gasteiger partial charge < -0.3 is 20.2 Å². The molecule has 0 bridgehead atoms. The number of rotatable bonds is 3. The van der Waals surface area contributed by atoms with E-state index in [1.165, 1.54) is 31.3 Å². The predicted molar refractivity (Wildman–Crippen MR) is 75.9 cm³/mol. The van der Waals surface area contributed by atoms with Crippen molar-refractivity contribution in [2.45, 2.75) is 0 Å². The summed E-state index contributed by atoms with van der Waals surface area (Å²) in [6, 6.07) is 9.56. The fourth-order valence-corrected chi connectivity index (χ4v) is 1.97. The van der Waals surface area contributed by atoms with E-state index in [4.69, 9.17) is 5.11 Å². The first-order chi connectivity index (χ1) is 9.90. The van der Waals surface area contributed by atoms with Crippen LogP contribution in [0.5, 0.6) is 11.5 Å². The van der Waals surface area contributed by atoms with Gasteiger partial charge in [0, 0.05) is 18.7 Å². The number of para-hydroxylation sites is 1. The quantitative estimate of drug-likeness (QED) is 0.802. The second kappa shape index (κ2) is 5.54. The first-order valence-electron chi connectivity index (χ1n) is 6.03. The normalized spacial score (nSPS) is 10.1. The van der Waals surface area contributed by atoms with Crippen LogP contribution >= 0.6 is 0 Å². The third-order valence-electron chi connectivity index (χ3n) is 2.95. The number of aromatic carboxylic acids is 1. The van der Waals surface area contributed by atoms with Crippen molar-refractivity contribution in [2.75, 3.05) is 11.9 Å². The molecule has 0 aromatic heterocycles. The molecule has 0 atom stereocenters. The number of phenols is 2. The van der Waals surface area contributed by atoms with E-state index >= 15 is 0 Å².